The third-order valence-corrected chi connectivity index (χ3v) is 7.82. The van der Waals surface area contributed by atoms with Crippen LogP contribution in [0.5, 0.6) is 0 Å². The van der Waals surface area contributed by atoms with Crippen LogP contribution in [0.2, 0.25) is 0 Å². The number of benzene rings is 2. The first-order chi connectivity index (χ1) is 17.1. The van der Waals surface area contributed by atoms with Gasteiger partial charge in [-0.25, -0.2) is 17.9 Å². The molecule has 2 heterocycles. The van der Waals surface area contributed by atoms with Crippen LogP contribution in [-0.4, -0.2) is 39.2 Å². The number of aryl methyl sites for hydroxylation is 1. The molecule has 1 aliphatic carbocycles. The highest BCUT2D eigenvalue weighted by Crippen LogP contribution is 2.46. The summed E-state index contributed by atoms with van der Waals surface area (Å²) in [6.07, 6.45) is 4.20. The summed E-state index contributed by atoms with van der Waals surface area (Å²) in [5, 5.41) is 4.46. The van der Waals surface area contributed by atoms with Crippen LogP contribution in [0.15, 0.2) is 48.7 Å². The SMILES string of the molecule is Cc1cc(-n2nccc2C2CCN(C(=O)[C@@H]3C[C@@](C)(N)C[C@H]3c3ccc(F)cc3F)CC2)ccc1F. The van der Waals surface area contributed by atoms with Gasteiger partial charge in [0.1, 0.15) is 17.5 Å². The highest BCUT2D eigenvalue weighted by Gasteiger charge is 2.46. The van der Waals surface area contributed by atoms with E-state index in [1.165, 1.54) is 18.2 Å². The monoisotopic (exact) mass is 496 g/mol. The first kappa shape index (κ1) is 24.6. The minimum atomic E-state index is -0.634. The summed E-state index contributed by atoms with van der Waals surface area (Å²) in [5.41, 5.74) is 8.59. The summed E-state index contributed by atoms with van der Waals surface area (Å²) >= 11 is 0. The summed E-state index contributed by atoms with van der Waals surface area (Å²) in [6, 6.07) is 10.5. The molecule has 2 aliphatic rings. The summed E-state index contributed by atoms with van der Waals surface area (Å²) in [7, 11) is 0. The fraction of sp³-hybridized carbons (Fsp3) is 0.429. The summed E-state index contributed by atoms with van der Waals surface area (Å²) in [6.45, 7) is 4.77. The Morgan fingerprint density at radius 1 is 1.03 bits per heavy atom. The second-order valence-electron chi connectivity index (χ2n) is 10.6. The van der Waals surface area contributed by atoms with E-state index in [1.54, 1.807) is 25.3 Å². The molecule has 0 bridgehead atoms. The number of halogens is 3. The van der Waals surface area contributed by atoms with Gasteiger partial charge >= 0.3 is 0 Å². The fourth-order valence-electron chi connectivity index (χ4n) is 5.99. The predicted octanol–water partition coefficient (Wildman–Crippen LogP) is 5.22. The van der Waals surface area contributed by atoms with Crippen LogP contribution in [0.25, 0.3) is 5.69 Å². The van der Waals surface area contributed by atoms with Crippen molar-refractivity contribution in [3.63, 3.8) is 0 Å². The van der Waals surface area contributed by atoms with Crippen molar-refractivity contribution in [1.82, 2.24) is 14.7 Å². The van der Waals surface area contributed by atoms with Crippen LogP contribution in [0, 0.1) is 30.3 Å². The number of aromatic nitrogens is 2. The summed E-state index contributed by atoms with van der Waals surface area (Å²) in [4.78, 5) is 15.5. The van der Waals surface area contributed by atoms with E-state index in [0.717, 1.165) is 30.3 Å². The van der Waals surface area contributed by atoms with Crippen molar-refractivity contribution in [2.45, 2.75) is 56.9 Å². The van der Waals surface area contributed by atoms with E-state index in [-0.39, 0.29) is 23.6 Å². The summed E-state index contributed by atoms with van der Waals surface area (Å²) in [5.74, 6) is -2.14. The second-order valence-corrected chi connectivity index (χ2v) is 10.6. The third kappa shape index (κ3) is 4.66. The Balaban J connectivity index is 1.31. The van der Waals surface area contributed by atoms with Crippen molar-refractivity contribution in [1.29, 1.82) is 0 Å². The van der Waals surface area contributed by atoms with Gasteiger partial charge in [0.25, 0.3) is 0 Å². The number of carbonyl (C=O) groups excluding carboxylic acids is 1. The van der Waals surface area contributed by atoms with Gasteiger partial charge in [0.2, 0.25) is 5.91 Å². The Labute approximate surface area is 209 Å². The maximum Gasteiger partial charge on any atom is 0.226 e. The topological polar surface area (TPSA) is 64.2 Å². The van der Waals surface area contributed by atoms with Crippen molar-refractivity contribution < 1.29 is 18.0 Å². The average molecular weight is 497 g/mol. The number of rotatable bonds is 4. The number of nitrogens with two attached hydrogens (primary N) is 1. The molecule has 8 heteroatoms. The Hall–Kier alpha value is -3.13. The maximum atomic E-state index is 14.6. The van der Waals surface area contributed by atoms with Crippen molar-refractivity contribution in [3.8, 4) is 5.69 Å². The highest BCUT2D eigenvalue weighted by molar-refractivity contribution is 5.81. The number of amides is 1. The molecule has 2 N–H and O–H groups in total. The molecular weight excluding hydrogens is 465 g/mol. The van der Waals surface area contributed by atoms with Gasteiger partial charge in [-0.3, -0.25) is 4.79 Å². The molecule has 2 aromatic carbocycles. The van der Waals surface area contributed by atoms with Gasteiger partial charge in [0.05, 0.1) is 5.69 Å². The molecular formula is C28H31F3N4O. The molecule has 190 valence electrons. The van der Waals surface area contributed by atoms with E-state index in [0.29, 0.717) is 37.1 Å². The molecule has 3 atom stereocenters. The number of likely N-dealkylation sites (tertiary alicyclic amines) is 1. The molecule has 1 amide bonds. The summed E-state index contributed by atoms with van der Waals surface area (Å²) < 4.78 is 43.7. The zero-order valence-electron chi connectivity index (χ0n) is 20.6. The zero-order valence-corrected chi connectivity index (χ0v) is 20.6. The lowest BCUT2D eigenvalue weighted by atomic mass is 9.86. The van der Waals surface area contributed by atoms with Gasteiger partial charge in [-0.15, -0.1) is 0 Å². The molecule has 3 aromatic rings. The molecule has 1 saturated carbocycles. The normalized spacial score (nSPS) is 24.9. The van der Waals surface area contributed by atoms with E-state index in [1.807, 2.05) is 22.6 Å². The Bertz CT molecular complexity index is 1280. The van der Waals surface area contributed by atoms with E-state index in [2.05, 4.69) is 5.10 Å². The number of hydrogen-bond acceptors (Lipinski definition) is 3. The first-order valence-corrected chi connectivity index (χ1v) is 12.5. The molecule has 1 aliphatic heterocycles. The zero-order chi connectivity index (χ0) is 25.6. The minimum absolute atomic E-state index is 0.0148. The van der Waals surface area contributed by atoms with Gasteiger partial charge in [-0.1, -0.05) is 6.07 Å². The smallest absolute Gasteiger partial charge is 0.226 e. The molecule has 5 nitrogen and oxygen atoms in total. The van der Waals surface area contributed by atoms with E-state index in [4.69, 9.17) is 5.73 Å². The largest absolute Gasteiger partial charge is 0.342 e. The van der Waals surface area contributed by atoms with Gasteiger partial charge < -0.3 is 10.6 Å². The van der Waals surface area contributed by atoms with Gasteiger partial charge in [-0.05, 0) is 81.0 Å². The fourth-order valence-corrected chi connectivity index (χ4v) is 5.99. The molecule has 0 unspecified atom stereocenters. The number of hydrogen-bond donors (Lipinski definition) is 1. The Morgan fingerprint density at radius 2 is 1.78 bits per heavy atom. The van der Waals surface area contributed by atoms with Crippen LogP contribution in [0.4, 0.5) is 13.2 Å². The van der Waals surface area contributed by atoms with Crippen molar-refractivity contribution in [2.24, 2.45) is 11.7 Å². The predicted molar refractivity (Wildman–Crippen MR) is 131 cm³/mol. The standard InChI is InChI=1S/C28H31F3N4O/c1-17-13-20(4-6-24(17)30)35-26(7-10-33-35)18-8-11-34(12-9-18)27(36)23-16-28(2,32)15-22(23)21-5-3-19(29)14-25(21)31/h3-7,10,13-14,18,22-23H,8-9,11-12,15-16,32H2,1-2H3/t22-,23+,28-/m0/s1. The number of carbonyl (C=O) groups is 1. The average Bonchev–Trinajstić information content (AvgIpc) is 3.45. The van der Waals surface area contributed by atoms with Crippen LogP contribution in [0.1, 0.15) is 61.3 Å². The highest BCUT2D eigenvalue weighted by atomic mass is 19.1. The van der Waals surface area contributed by atoms with Crippen LogP contribution >= 0.6 is 0 Å². The maximum absolute atomic E-state index is 14.6. The molecule has 2 fully saturated rings. The van der Waals surface area contributed by atoms with E-state index in [9.17, 15) is 18.0 Å². The molecule has 5 rings (SSSR count). The molecule has 0 radical (unpaired) electrons. The van der Waals surface area contributed by atoms with Crippen molar-refractivity contribution in [2.75, 3.05) is 13.1 Å². The Morgan fingerprint density at radius 3 is 2.47 bits per heavy atom. The van der Waals surface area contributed by atoms with E-state index >= 15 is 0 Å². The lowest BCUT2D eigenvalue weighted by Crippen LogP contribution is -2.43. The second kappa shape index (κ2) is 9.39. The van der Waals surface area contributed by atoms with E-state index < -0.39 is 23.1 Å². The third-order valence-electron chi connectivity index (χ3n) is 7.82. The Kier molecular flexibility index (Phi) is 6.41. The van der Waals surface area contributed by atoms with Crippen molar-refractivity contribution >= 4 is 5.91 Å². The van der Waals surface area contributed by atoms with Crippen molar-refractivity contribution in [3.05, 3.63) is 82.9 Å². The lowest BCUT2D eigenvalue weighted by Gasteiger charge is -2.35. The number of nitrogens with zero attached hydrogens (tertiary/aromatic N) is 3. The molecule has 0 spiro atoms. The lowest BCUT2D eigenvalue weighted by molar-refractivity contribution is -0.137. The molecule has 36 heavy (non-hydrogen) atoms. The first-order valence-electron chi connectivity index (χ1n) is 12.5. The van der Waals surface area contributed by atoms with Crippen LogP contribution in [0.3, 0.4) is 0 Å². The van der Waals surface area contributed by atoms with Gasteiger partial charge in [0, 0.05) is 54.3 Å². The molecule has 1 saturated heterocycles. The van der Waals surface area contributed by atoms with Crippen LogP contribution < -0.4 is 5.73 Å². The minimum Gasteiger partial charge on any atom is -0.342 e. The van der Waals surface area contributed by atoms with Gasteiger partial charge in [-0.2, -0.15) is 5.10 Å². The van der Waals surface area contributed by atoms with Crippen LogP contribution in [-0.2, 0) is 4.79 Å². The number of piperidine rings is 1. The quantitative estimate of drug-likeness (QED) is 0.539. The van der Waals surface area contributed by atoms with Gasteiger partial charge in [0.15, 0.2) is 0 Å². The molecule has 1 aromatic heterocycles.